The summed E-state index contributed by atoms with van der Waals surface area (Å²) in [6.07, 6.45) is 2.07. The zero-order chi connectivity index (χ0) is 38.1. The van der Waals surface area contributed by atoms with Gasteiger partial charge in [-0.1, -0.05) is 133 Å². The number of rotatable bonds is 3. The van der Waals surface area contributed by atoms with E-state index in [9.17, 15) is 0 Å². The first-order valence-corrected chi connectivity index (χ1v) is 21.0. The largest absolute Gasteiger partial charge is 0.323 e. The lowest BCUT2D eigenvalue weighted by molar-refractivity contribution is 1.09. The van der Waals surface area contributed by atoms with E-state index in [0.29, 0.717) is 0 Å². The fraction of sp³-hybridized carbons (Fsp3) is 0. The molecule has 58 heavy (non-hydrogen) atoms. The summed E-state index contributed by atoms with van der Waals surface area (Å²) >= 11 is 1.81. The first-order chi connectivity index (χ1) is 28.7. The van der Waals surface area contributed by atoms with Gasteiger partial charge in [-0.25, -0.2) is 4.98 Å². The number of hydrogen-bond acceptors (Lipinski definition) is 2. The van der Waals surface area contributed by atoms with E-state index in [1.165, 1.54) is 113 Å². The lowest BCUT2D eigenvalue weighted by atomic mass is 9.91. The van der Waals surface area contributed by atoms with Gasteiger partial charge in [-0.3, -0.25) is 4.57 Å². The summed E-state index contributed by atoms with van der Waals surface area (Å²) in [5.74, 6) is 0.921. The summed E-state index contributed by atoms with van der Waals surface area (Å²) in [4.78, 5) is 5.18. The summed E-state index contributed by atoms with van der Waals surface area (Å²) in [5.41, 5.74) is 9.54. The minimum Gasteiger partial charge on any atom is -0.323 e. The molecular formula is C53H32N3PS. The SMILES string of the molecule is Pn1c2ccccc2c2ccc3c4ccccc4n(-c4cc5c(cn4)sc4ccc(-c6cccc(-c7ccc8c9ccccc9c9ccccc9c8c7)c6)cc45)c3c21. The van der Waals surface area contributed by atoms with Crippen LogP contribution in [-0.4, -0.2) is 13.9 Å². The van der Waals surface area contributed by atoms with Crippen LogP contribution in [0, 0.1) is 0 Å². The smallest absolute Gasteiger partial charge is 0.138 e. The number of fused-ring (bicyclic) bond motifs is 16. The summed E-state index contributed by atoms with van der Waals surface area (Å²) < 4.78 is 7.09. The van der Waals surface area contributed by atoms with Crippen LogP contribution in [0.2, 0.25) is 0 Å². The second kappa shape index (κ2) is 12.1. The Balaban J connectivity index is 0.974. The van der Waals surface area contributed by atoms with Crippen molar-refractivity contribution in [1.29, 1.82) is 0 Å². The Hall–Kier alpha value is -6.84. The van der Waals surface area contributed by atoms with Crippen LogP contribution in [0.3, 0.4) is 0 Å². The third-order valence-electron chi connectivity index (χ3n) is 12.3. The standard InChI is InChI=1S/C53H32N3PS/c57-56-48-19-8-6-17-41(48)43-24-23-42-40-16-5-7-18-47(40)55(52(42)53(43)56)51-29-46-45-28-34(21-25-49(45)58-50(46)30-54-51)32-11-9-10-31(26-32)33-20-22-39-37-14-2-1-12-35(37)36-13-3-4-15-38(36)44(39)27-33/h1-30H,57H2. The molecule has 5 heteroatoms. The van der Waals surface area contributed by atoms with E-state index in [4.69, 9.17) is 4.98 Å². The van der Waals surface area contributed by atoms with E-state index in [1.54, 1.807) is 0 Å². The highest BCUT2D eigenvalue weighted by atomic mass is 32.1. The van der Waals surface area contributed by atoms with Gasteiger partial charge in [0.15, 0.2) is 0 Å². The third kappa shape index (κ3) is 4.50. The number of nitrogens with zero attached hydrogens (tertiary/aromatic N) is 3. The molecule has 270 valence electrons. The van der Waals surface area contributed by atoms with Crippen molar-refractivity contribution < 1.29 is 0 Å². The van der Waals surface area contributed by atoms with Crippen LogP contribution in [-0.2, 0) is 0 Å². The number of benzene rings is 9. The van der Waals surface area contributed by atoms with E-state index in [1.807, 2.05) is 11.3 Å². The van der Waals surface area contributed by atoms with Crippen molar-refractivity contribution in [2.75, 3.05) is 0 Å². The van der Waals surface area contributed by atoms with Crippen molar-refractivity contribution >= 4 is 117 Å². The van der Waals surface area contributed by atoms with Gasteiger partial charge in [-0.05, 0) is 106 Å². The number of para-hydroxylation sites is 2. The van der Waals surface area contributed by atoms with Crippen molar-refractivity contribution in [3.05, 3.63) is 182 Å². The average molecular weight is 774 g/mol. The van der Waals surface area contributed by atoms with Gasteiger partial charge in [0.25, 0.3) is 0 Å². The molecule has 0 aliphatic rings. The molecule has 0 radical (unpaired) electrons. The zero-order valence-corrected chi connectivity index (χ0v) is 33.1. The average Bonchev–Trinajstić information content (AvgIpc) is 3.93. The molecule has 13 aromatic rings. The Morgan fingerprint density at radius 2 is 0.862 bits per heavy atom. The summed E-state index contributed by atoms with van der Waals surface area (Å²) in [7, 11) is 2.98. The van der Waals surface area contributed by atoms with Crippen molar-refractivity contribution in [1.82, 2.24) is 13.9 Å². The van der Waals surface area contributed by atoms with Gasteiger partial charge in [-0.2, -0.15) is 0 Å². The Morgan fingerprint density at radius 1 is 0.362 bits per heavy atom. The number of pyridine rings is 1. The maximum Gasteiger partial charge on any atom is 0.138 e. The van der Waals surface area contributed by atoms with Gasteiger partial charge in [0.05, 0.1) is 26.8 Å². The molecule has 0 amide bonds. The van der Waals surface area contributed by atoms with Crippen LogP contribution in [0.4, 0.5) is 0 Å². The molecule has 3 nitrogen and oxygen atoms in total. The fourth-order valence-electron chi connectivity index (χ4n) is 9.71. The maximum absolute atomic E-state index is 5.18. The fourth-order valence-corrected chi connectivity index (χ4v) is 11.2. The normalized spacial score (nSPS) is 12.2. The summed E-state index contributed by atoms with van der Waals surface area (Å²) in [5, 5.41) is 15.2. The van der Waals surface area contributed by atoms with Gasteiger partial charge in [0, 0.05) is 43.2 Å². The van der Waals surface area contributed by atoms with E-state index in [2.05, 4.69) is 200 Å². The van der Waals surface area contributed by atoms with Crippen LogP contribution in [0.5, 0.6) is 0 Å². The predicted octanol–water partition coefficient (Wildman–Crippen LogP) is 15.1. The van der Waals surface area contributed by atoms with E-state index >= 15 is 0 Å². The van der Waals surface area contributed by atoms with Crippen LogP contribution in [0.15, 0.2) is 182 Å². The second-order valence-corrected chi connectivity index (χ2v) is 17.0. The minimum absolute atomic E-state index is 0.921. The molecule has 0 aliphatic heterocycles. The molecule has 0 spiro atoms. The molecule has 4 heterocycles. The highest BCUT2D eigenvalue weighted by Crippen LogP contribution is 2.43. The Labute approximate surface area is 339 Å². The lowest BCUT2D eigenvalue weighted by Crippen LogP contribution is -1.98. The zero-order valence-electron chi connectivity index (χ0n) is 31.1. The molecule has 13 rings (SSSR count). The predicted molar refractivity (Wildman–Crippen MR) is 253 cm³/mol. The van der Waals surface area contributed by atoms with E-state index < -0.39 is 0 Å². The number of thiophene rings is 1. The molecule has 9 aromatic carbocycles. The molecule has 0 aliphatic carbocycles. The molecule has 0 saturated heterocycles. The molecule has 4 aromatic heterocycles. The molecule has 1 unspecified atom stereocenters. The minimum atomic E-state index is 0.921. The van der Waals surface area contributed by atoms with Crippen LogP contribution < -0.4 is 0 Å². The van der Waals surface area contributed by atoms with E-state index in [-0.39, 0.29) is 0 Å². The quantitative estimate of drug-likeness (QED) is 0.130. The molecule has 0 N–H and O–H groups in total. The highest BCUT2D eigenvalue weighted by molar-refractivity contribution is 7.25. The second-order valence-electron chi connectivity index (χ2n) is 15.4. The third-order valence-corrected chi connectivity index (χ3v) is 14.0. The lowest BCUT2D eigenvalue weighted by Gasteiger charge is -2.12. The highest BCUT2D eigenvalue weighted by Gasteiger charge is 2.21. The summed E-state index contributed by atoms with van der Waals surface area (Å²) in [6.45, 7) is 0. The van der Waals surface area contributed by atoms with Gasteiger partial charge in [-0.15, -0.1) is 11.3 Å². The van der Waals surface area contributed by atoms with Gasteiger partial charge in [0.1, 0.15) is 5.82 Å². The first-order valence-electron chi connectivity index (χ1n) is 19.6. The topological polar surface area (TPSA) is 22.8 Å². The van der Waals surface area contributed by atoms with Crippen LogP contribution in [0.25, 0.3) is 124 Å². The van der Waals surface area contributed by atoms with E-state index in [0.717, 1.165) is 11.3 Å². The molecule has 0 saturated carbocycles. The number of aromatic nitrogens is 3. The Bertz CT molecular complexity index is 3850. The van der Waals surface area contributed by atoms with Crippen LogP contribution >= 0.6 is 20.7 Å². The summed E-state index contributed by atoms with van der Waals surface area (Å²) in [6, 6.07) is 64.7. The monoisotopic (exact) mass is 773 g/mol. The van der Waals surface area contributed by atoms with Crippen molar-refractivity contribution in [2.24, 2.45) is 0 Å². The molecule has 0 bridgehead atoms. The van der Waals surface area contributed by atoms with Gasteiger partial charge in [0.2, 0.25) is 0 Å². The number of hydrogen-bond donors (Lipinski definition) is 0. The van der Waals surface area contributed by atoms with Crippen molar-refractivity contribution in [3.63, 3.8) is 0 Å². The first kappa shape index (κ1) is 32.3. The molecular weight excluding hydrogens is 742 g/mol. The molecule has 1 atom stereocenters. The van der Waals surface area contributed by atoms with Crippen molar-refractivity contribution in [3.8, 4) is 28.1 Å². The van der Waals surface area contributed by atoms with Crippen LogP contribution in [0.1, 0.15) is 0 Å². The van der Waals surface area contributed by atoms with Crippen molar-refractivity contribution in [2.45, 2.75) is 0 Å². The Morgan fingerprint density at radius 3 is 1.57 bits per heavy atom. The molecule has 0 fully saturated rings. The van der Waals surface area contributed by atoms with Gasteiger partial charge >= 0.3 is 0 Å². The van der Waals surface area contributed by atoms with Gasteiger partial charge < -0.3 is 4.34 Å². The Kier molecular flexibility index (Phi) is 6.72. The maximum atomic E-state index is 5.18.